The summed E-state index contributed by atoms with van der Waals surface area (Å²) in [6, 6.07) is 23.3. The molecule has 0 atom stereocenters. The highest BCUT2D eigenvalue weighted by molar-refractivity contribution is 5.91. The van der Waals surface area contributed by atoms with Gasteiger partial charge in [-0.25, -0.2) is 0 Å². The number of hydrogen-bond acceptors (Lipinski definition) is 0. The van der Waals surface area contributed by atoms with Gasteiger partial charge < -0.3 is 0 Å². The van der Waals surface area contributed by atoms with Crippen LogP contribution in [-0.2, 0) is 0 Å². The van der Waals surface area contributed by atoms with Crippen molar-refractivity contribution in [3.8, 4) is 11.1 Å². The Morgan fingerprint density at radius 2 is 1.41 bits per heavy atom. The molecule has 0 N–H and O–H groups in total. The third-order valence-electron chi connectivity index (χ3n) is 5.33. The molecule has 1 aliphatic carbocycles. The second-order valence-electron chi connectivity index (χ2n) is 7.86. The second-order valence-corrected chi connectivity index (χ2v) is 7.86. The van der Waals surface area contributed by atoms with Crippen molar-refractivity contribution in [2.75, 3.05) is 0 Å². The molecule has 0 unspecified atom stereocenters. The highest BCUT2D eigenvalue weighted by atomic mass is 14.2. The molecule has 0 saturated heterocycles. The van der Waals surface area contributed by atoms with Gasteiger partial charge in [0.1, 0.15) is 0 Å². The molecular formula is C34H32. The van der Waals surface area contributed by atoms with Gasteiger partial charge in [0.25, 0.3) is 0 Å². The Labute approximate surface area is 205 Å². The fourth-order valence-electron chi connectivity index (χ4n) is 3.77. The van der Waals surface area contributed by atoms with E-state index in [1.165, 1.54) is 11.1 Å². The molecule has 0 heteroatoms. The van der Waals surface area contributed by atoms with Gasteiger partial charge in [0.05, 0.1) is 0 Å². The van der Waals surface area contributed by atoms with E-state index in [1.807, 2.05) is 13.0 Å². The van der Waals surface area contributed by atoms with Crippen LogP contribution in [0.3, 0.4) is 0 Å². The van der Waals surface area contributed by atoms with Crippen LogP contribution in [0.5, 0.6) is 0 Å². The van der Waals surface area contributed by atoms with Gasteiger partial charge in [-0.3, -0.25) is 0 Å². The Morgan fingerprint density at radius 1 is 0.735 bits per heavy atom. The van der Waals surface area contributed by atoms with Crippen molar-refractivity contribution < 1.29 is 0 Å². The Morgan fingerprint density at radius 3 is 2.18 bits per heavy atom. The predicted molar refractivity (Wildman–Crippen MR) is 153 cm³/mol. The Balaban J connectivity index is 2.54. The molecule has 2 aromatic carbocycles. The number of benzene rings is 1. The van der Waals surface area contributed by atoms with Gasteiger partial charge >= 0.3 is 0 Å². The molecule has 0 spiro atoms. The van der Waals surface area contributed by atoms with Gasteiger partial charge in [0.2, 0.25) is 0 Å². The molecular weight excluding hydrogens is 408 g/mol. The van der Waals surface area contributed by atoms with Gasteiger partial charge in [0, 0.05) is 0 Å². The first kappa shape index (κ1) is 24.5. The first-order valence-corrected chi connectivity index (χ1v) is 11.6. The summed E-state index contributed by atoms with van der Waals surface area (Å²) in [6.45, 7) is 8.11. The van der Waals surface area contributed by atoms with Crippen LogP contribution in [0.25, 0.3) is 28.9 Å². The van der Waals surface area contributed by atoms with Crippen molar-refractivity contribution in [1.82, 2.24) is 0 Å². The van der Waals surface area contributed by atoms with E-state index < -0.39 is 0 Å². The maximum Gasteiger partial charge on any atom is -0.00268 e. The van der Waals surface area contributed by atoms with Gasteiger partial charge in [-0.15, -0.1) is 0 Å². The Kier molecular flexibility index (Phi) is 9.65. The molecule has 0 fully saturated rings. The zero-order chi connectivity index (χ0) is 24.0. The van der Waals surface area contributed by atoms with Crippen molar-refractivity contribution in [3.05, 3.63) is 162 Å². The third-order valence-corrected chi connectivity index (χ3v) is 5.33. The van der Waals surface area contributed by atoms with Crippen LogP contribution in [0.1, 0.15) is 30.5 Å². The molecule has 0 aliphatic heterocycles. The lowest BCUT2D eigenvalue weighted by molar-refractivity contribution is 1.52. The summed E-state index contributed by atoms with van der Waals surface area (Å²) < 4.78 is 0. The average molecular weight is 441 g/mol. The monoisotopic (exact) mass is 440 g/mol. The lowest BCUT2D eigenvalue weighted by Crippen LogP contribution is -1.92. The summed E-state index contributed by atoms with van der Waals surface area (Å²) in [4.78, 5) is 0. The standard InChI is InChI=1S/C34H32/c1-4-18-29(19-5-2)32-26-14-7-6-11-22-30-23-17-16-21-28(3)20-10-8-15-27-33(30)34(32)31-24-12-9-13-25-31/h4-27H,1H2,2-3H3/b7-6?,10-8+,11-6?,14-7?,15-8?,17-16?,19-5-,20-10?,21-16-,22-11?,23-17-,26-14?,27-15+,28-20-,28-21?,29-18+,30-22?,30-23?,32-26?,33-27?,33-30?,34-32?,34-33?. The van der Waals surface area contributed by atoms with Gasteiger partial charge in [-0.1, -0.05) is 158 Å². The first-order valence-electron chi connectivity index (χ1n) is 11.6. The third kappa shape index (κ3) is 6.92. The van der Waals surface area contributed by atoms with Crippen LogP contribution >= 0.6 is 0 Å². The molecule has 34 heavy (non-hydrogen) atoms. The van der Waals surface area contributed by atoms with E-state index in [2.05, 4.69) is 153 Å². The molecule has 0 radical (unpaired) electrons. The predicted octanol–water partition coefficient (Wildman–Crippen LogP) is 9.72. The minimum absolute atomic E-state index is 1.11. The summed E-state index contributed by atoms with van der Waals surface area (Å²) in [6.07, 6.45) is 27.2. The molecule has 1 aliphatic rings. The van der Waals surface area contributed by atoms with Crippen molar-refractivity contribution in [2.24, 2.45) is 0 Å². The Bertz CT molecular complexity index is 1250. The highest BCUT2D eigenvalue weighted by Gasteiger charge is 2.12. The number of hydrogen-bond donors (Lipinski definition) is 0. The van der Waals surface area contributed by atoms with E-state index in [0.29, 0.717) is 0 Å². The van der Waals surface area contributed by atoms with E-state index in [9.17, 15) is 0 Å². The molecule has 0 heterocycles. The van der Waals surface area contributed by atoms with Crippen molar-refractivity contribution >= 4 is 17.7 Å². The van der Waals surface area contributed by atoms with Gasteiger partial charge in [-0.05, 0) is 47.2 Å². The molecule has 2 aromatic rings. The van der Waals surface area contributed by atoms with Crippen molar-refractivity contribution in [1.29, 1.82) is 0 Å². The molecule has 0 saturated carbocycles. The van der Waals surface area contributed by atoms with Crippen molar-refractivity contribution in [2.45, 2.75) is 13.8 Å². The zero-order valence-electron chi connectivity index (χ0n) is 20.1. The van der Waals surface area contributed by atoms with Crippen LogP contribution in [0.4, 0.5) is 0 Å². The molecule has 0 bridgehead atoms. The minimum Gasteiger partial charge on any atom is -0.0990 e. The normalized spacial score (nSPS) is 18.8. The topological polar surface area (TPSA) is 0 Å². The van der Waals surface area contributed by atoms with Crippen LogP contribution in [0.2, 0.25) is 0 Å². The van der Waals surface area contributed by atoms with Crippen LogP contribution in [-0.4, -0.2) is 0 Å². The van der Waals surface area contributed by atoms with Crippen molar-refractivity contribution in [3.63, 3.8) is 0 Å². The molecule has 0 amide bonds. The highest BCUT2D eigenvalue weighted by Crippen LogP contribution is 2.34. The van der Waals surface area contributed by atoms with Crippen LogP contribution < -0.4 is 0 Å². The van der Waals surface area contributed by atoms with E-state index in [0.717, 1.165) is 27.8 Å². The smallest absolute Gasteiger partial charge is 0.00268 e. The fraction of sp³-hybridized carbons (Fsp3) is 0.0588. The summed E-state index contributed by atoms with van der Waals surface area (Å²) in [7, 11) is 0. The summed E-state index contributed by atoms with van der Waals surface area (Å²) in [5.74, 6) is 0. The lowest BCUT2D eigenvalue weighted by Gasteiger charge is -2.15. The summed E-state index contributed by atoms with van der Waals surface area (Å²) in [5.41, 5.74) is 8.05. The van der Waals surface area contributed by atoms with E-state index in [-0.39, 0.29) is 0 Å². The number of allylic oxidation sites excluding steroid dienone is 13. The zero-order valence-corrected chi connectivity index (χ0v) is 20.1. The quantitative estimate of drug-likeness (QED) is 0.415. The van der Waals surface area contributed by atoms with E-state index in [4.69, 9.17) is 0 Å². The second kappa shape index (κ2) is 13.4. The summed E-state index contributed by atoms with van der Waals surface area (Å²) >= 11 is 0. The fourth-order valence-corrected chi connectivity index (χ4v) is 3.77. The largest absolute Gasteiger partial charge is 0.0990 e. The van der Waals surface area contributed by atoms with E-state index in [1.54, 1.807) is 0 Å². The first-order chi connectivity index (χ1) is 16.7. The number of fused-ring (bicyclic) bond motifs is 1. The summed E-state index contributed by atoms with van der Waals surface area (Å²) in [5, 5.41) is 0. The minimum atomic E-state index is 1.11. The van der Waals surface area contributed by atoms with Gasteiger partial charge in [0.15, 0.2) is 0 Å². The Hall–Kier alpha value is -4.16. The van der Waals surface area contributed by atoms with Crippen LogP contribution in [0.15, 0.2) is 146 Å². The molecule has 168 valence electrons. The average Bonchev–Trinajstić information content (AvgIpc) is 2.85. The maximum atomic E-state index is 3.97. The maximum absolute atomic E-state index is 3.97. The van der Waals surface area contributed by atoms with Gasteiger partial charge in [-0.2, -0.15) is 0 Å². The van der Waals surface area contributed by atoms with Crippen LogP contribution in [0, 0.1) is 0 Å². The molecule has 3 rings (SSSR count). The molecule has 0 nitrogen and oxygen atoms in total. The SMILES string of the molecule is C=C/C=C(\C=C/C)c1ccccccc2c(c1-c1ccccc1)/C=C/C=C/C=C(C)\C=C/C=C\2. The molecule has 0 aromatic heterocycles. The number of rotatable bonds is 4. The lowest BCUT2D eigenvalue weighted by atomic mass is 9.89. The van der Waals surface area contributed by atoms with E-state index >= 15 is 0 Å².